The number of hydrogen-bond donors (Lipinski definition) is 1. The minimum absolute atomic E-state index is 0.478. The Hall–Kier alpha value is -0.390. The van der Waals surface area contributed by atoms with Crippen LogP contribution >= 0.6 is 15.9 Å². The second-order valence-corrected chi connectivity index (χ2v) is 5.75. The van der Waals surface area contributed by atoms with Gasteiger partial charge in [0.1, 0.15) is 0 Å². The summed E-state index contributed by atoms with van der Waals surface area (Å²) in [6.07, 6.45) is 0.962. The summed E-state index contributed by atoms with van der Waals surface area (Å²) in [7, 11) is 2.01. The Kier molecular flexibility index (Phi) is 7.04. The molecule has 1 heterocycles. The van der Waals surface area contributed by atoms with Crippen molar-refractivity contribution in [3.63, 3.8) is 0 Å². The molecule has 0 aliphatic rings. The normalized spacial score (nSPS) is 13.2. The highest BCUT2D eigenvalue weighted by molar-refractivity contribution is 9.10. The van der Waals surface area contributed by atoms with Crippen LogP contribution in [0.4, 0.5) is 0 Å². The highest BCUT2D eigenvalue weighted by Crippen LogP contribution is 2.21. The number of aryl methyl sites for hydroxylation is 2. The molecule has 0 aliphatic heterocycles. The standard InChI is InChI=1S/C14H27BrN4/c1-6-12-14(15)13(18(5)17-12)9-16-11(4)10-19(7-2)8-3/h11,16H,6-10H2,1-5H3. The number of nitrogens with zero attached hydrogens (tertiary/aromatic N) is 3. The van der Waals surface area contributed by atoms with Crippen LogP contribution in [0.15, 0.2) is 4.47 Å². The molecular weight excluding hydrogens is 304 g/mol. The molecule has 1 aromatic heterocycles. The molecule has 4 nitrogen and oxygen atoms in total. The fourth-order valence-corrected chi connectivity index (χ4v) is 2.97. The van der Waals surface area contributed by atoms with Gasteiger partial charge in [0.2, 0.25) is 0 Å². The SMILES string of the molecule is CCc1nn(C)c(CNC(C)CN(CC)CC)c1Br. The van der Waals surface area contributed by atoms with Crippen molar-refractivity contribution in [1.82, 2.24) is 20.0 Å². The quantitative estimate of drug-likeness (QED) is 0.795. The molecule has 1 rings (SSSR count). The number of rotatable bonds is 8. The van der Waals surface area contributed by atoms with Crippen molar-refractivity contribution in [3.05, 3.63) is 15.9 Å². The molecule has 0 aliphatic carbocycles. The molecule has 0 aromatic carbocycles. The van der Waals surface area contributed by atoms with Gasteiger partial charge in [-0.1, -0.05) is 20.8 Å². The van der Waals surface area contributed by atoms with Gasteiger partial charge >= 0.3 is 0 Å². The van der Waals surface area contributed by atoms with Crippen molar-refractivity contribution in [2.45, 2.75) is 46.7 Å². The van der Waals surface area contributed by atoms with Gasteiger partial charge in [0.25, 0.3) is 0 Å². The number of aromatic nitrogens is 2. The first-order valence-electron chi connectivity index (χ1n) is 7.19. The Labute approximate surface area is 125 Å². The molecule has 1 N–H and O–H groups in total. The van der Waals surface area contributed by atoms with Crippen molar-refractivity contribution in [2.24, 2.45) is 7.05 Å². The molecule has 5 heteroatoms. The lowest BCUT2D eigenvalue weighted by Gasteiger charge is -2.23. The monoisotopic (exact) mass is 330 g/mol. The van der Waals surface area contributed by atoms with Gasteiger partial charge in [-0.05, 0) is 42.4 Å². The first-order chi connectivity index (χ1) is 9.03. The van der Waals surface area contributed by atoms with Gasteiger partial charge < -0.3 is 10.2 Å². The molecule has 19 heavy (non-hydrogen) atoms. The second-order valence-electron chi connectivity index (χ2n) is 4.95. The highest BCUT2D eigenvalue weighted by Gasteiger charge is 2.13. The summed E-state index contributed by atoms with van der Waals surface area (Å²) < 4.78 is 3.13. The minimum atomic E-state index is 0.478. The predicted molar refractivity (Wildman–Crippen MR) is 84.4 cm³/mol. The van der Waals surface area contributed by atoms with Gasteiger partial charge in [-0.25, -0.2) is 0 Å². The van der Waals surface area contributed by atoms with Gasteiger partial charge in [0.05, 0.1) is 15.9 Å². The van der Waals surface area contributed by atoms with E-state index in [-0.39, 0.29) is 0 Å². The number of hydrogen-bond acceptors (Lipinski definition) is 3. The molecule has 0 radical (unpaired) electrons. The zero-order valence-corrected chi connectivity index (χ0v) is 14.4. The molecule has 1 atom stereocenters. The van der Waals surface area contributed by atoms with Crippen LogP contribution in [-0.2, 0) is 20.0 Å². The molecule has 0 fully saturated rings. The zero-order valence-electron chi connectivity index (χ0n) is 12.8. The van der Waals surface area contributed by atoms with Crippen molar-refractivity contribution < 1.29 is 0 Å². The van der Waals surface area contributed by atoms with Crippen LogP contribution in [-0.4, -0.2) is 40.4 Å². The first-order valence-corrected chi connectivity index (χ1v) is 7.98. The fraction of sp³-hybridized carbons (Fsp3) is 0.786. The molecule has 1 aromatic rings. The zero-order chi connectivity index (χ0) is 14.4. The summed E-state index contributed by atoms with van der Waals surface area (Å²) in [4.78, 5) is 2.44. The summed E-state index contributed by atoms with van der Waals surface area (Å²) in [6, 6.07) is 0.478. The molecule has 0 bridgehead atoms. The van der Waals surface area contributed by atoms with E-state index in [0.717, 1.165) is 42.8 Å². The number of nitrogens with one attached hydrogen (secondary N) is 1. The van der Waals surface area contributed by atoms with E-state index in [1.807, 2.05) is 11.7 Å². The van der Waals surface area contributed by atoms with Crippen molar-refractivity contribution in [1.29, 1.82) is 0 Å². The molecule has 110 valence electrons. The van der Waals surface area contributed by atoms with Gasteiger partial charge in [0, 0.05) is 26.2 Å². The maximum Gasteiger partial charge on any atom is 0.0767 e. The predicted octanol–water partition coefficient (Wildman–Crippen LogP) is 2.56. The molecule has 0 saturated heterocycles. The summed E-state index contributed by atoms with van der Waals surface area (Å²) >= 11 is 3.66. The van der Waals surface area contributed by atoms with Crippen LogP contribution in [0.1, 0.15) is 39.1 Å². The summed E-state index contributed by atoms with van der Waals surface area (Å²) in [5.74, 6) is 0. The molecule has 0 saturated carbocycles. The summed E-state index contributed by atoms with van der Waals surface area (Å²) in [5, 5.41) is 8.10. The third-order valence-corrected chi connectivity index (χ3v) is 4.46. The summed E-state index contributed by atoms with van der Waals surface area (Å²) in [6.45, 7) is 12.9. The first kappa shape index (κ1) is 16.7. The Morgan fingerprint density at radius 1 is 1.32 bits per heavy atom. The lowest BCUT2D eigenvalue weighted by Crippen LogP contribution is -2.39. The van der Waals surface area contributed by atoms with Crippen molar-refractivity contribution in [3.8, 4) is 0 Å². The van der Waals surface area contributed by atoms with Crippen LogP contribution in [0.2, 0.25) is 0 Å². The topological polar surface area (TPSA) is 33.1 Å². The molecule has 0 spiro atoms. The second kappa shape index (κ2) is 8.02. The third kappa shape index (κ3) is 4.58. The van der Waals surface area contributed by atoms with E-state index < -0.39 is 0 Å². The van der Waals surface area contributed by atoms with E-state index in [1.54, 1.807) is 0 Å². The molecule has 1 unspecified atom stereocenters. The maximum absolute atomic E-state index is 4.52. The van der Waals surface area contributed by atoms with Crippen LogP contribution in [0, 0.1) is 0 Å². The van der Waals surface area contributed by atoms with E-state index in [0.29, 0.717) is 6.04 Å². The number of halogens is 1. The average Bonchev–Trinajstić information content (AvgIpc) is 2.68. The highest BCUT2D eigenvalue weighted by atomic mass is 79.9. The third-order valence-electron chi connectivity index (χ3n) is 3.55. The van der Waals surface area contributed by atoms with Crippen molar-refractivity contribution in [2.75, 3.05) is 19.6 Å². The van der Waals surface area contributed by atoms with E-state index in [2.05, 4.69) is 58.9 Å². The van der Waals surface area contributed by atoms with E-state index in [4.69, 9.17) is 0 Å². The molecular formula is C14H27BrN4. The smallest absolute Gasteiger partial charge is 0.0767 e. The van der Waals surface area contributed by atoms with Gasteiger partial charge in [-0.2, -0.15) is 5.10 Å². The van der Waals surface area contributed by atoms with Crippen LogP contribution in [0.3, 0.4) is 0 Å². The Morgan fingerprint density at radius 3 is 2.42 bits per heavy atom. The van der Waals surface area contributed by atoms with Crippen LogP contribution in [0.5, 0.6) is 0 Å². The fourth-order valence-electron chi connectivity index (χ4n) is 2.22. The molecule has 0 amide bonds. The largest absolute Gasteiger partial charge is 0.307 e. The van der Waals surface area contributed by atoms with E-state index in [1.165, 1.54) is 5.69 Å². The minimum Gasteiger partial charge on any atom is -0.307 e. The lowest BCUT2D eigenvalue weighted by molar-refractivity contribution is 0.270. The van der Waals surface area contributed by atoms with E-state index in [9.17, 15) is 0 Å². The summed E-state index contributed by atoms with van der Waals surface area (Å²) in [5.41, 5.74) is 2.36. The number of likely N-dealkylation sites (N-methyl/N-ethyl adjacent to an activating group) is 1. The Morgan fingerprint density at radius 2 is 1.95 bits per heavy atom. The lowest BCUT2D eigenvalue weighted by atomic mass is 10.2. The maximum atomic E-state index is 4.52. The Balaban J connectivity index is 2.54. The van der Waals surface area contributed by atoms with Crippen molar-refractivity contribution >= 4 is 15.9 Å². The van der Waals surface area contributed by atoms with E-state index >= 15 is 0 Å². The van der Waals surface area contributed by atoms with Crippen LogP contribution in [0.25, 0.3) is 0 Å². The van der Waals surface area contributed by atoms with Gasteiger partial charge in [-0.3, -0.25) is 4.68 Å². The Bertz CT molecular complexity index is 385. The average molecular weight is 331 g/mol. The van der Waals surface area contributed by atoms with Crippen LogP contribution < -0.4 is 5.32 Å². The van der Waals surface area contributed by atoms with Gasteiger partial charge in [0.15, 0.2) is 0 Å². The van der Waals surface area contributed by atoms with Gasteiger partial charge in [-0.15, -0.1) is 0 Å².